The van der Waals surface area contributed by atoms with Gasteiger partial charge in [0.15, 0.2) is 0 Å². The van der Waals surface area contributed by atoms with Gasteiger partial charge >= 0.3 is 0 Å². The van der Waals surface area contributed by atoms with Crippen LogP contribution >= 0.6 is 0 Å². The lowest BCUT2D eigenvalue weighted by Gasteiger charge is -2.25. The molecule has 3 rings (SSSR count). The number of hydrogen-bond donors (Lipinski definition) is 0. The van der Waals surface area contributed by atoms with E-state index in [0.29, 0.717) is 6.54 Å². The summed E-state index contributed by atoms with van der Waals surface area (Å²) in [5.41, 5.74) is 4.80. The van der Waals surface area contributed by atoms with E-state index in [1.165, 1.54) is 6.07 Å². The topological polar surface area (TPSA) is 28.0 Å². The fraction of sp³-hybridized carbons (Fsp3) is 0.176. The Hall–Kier alpha value is -2.49. The van der Waals surface area contributed by atoms with E-state index in [9.17, 15) is 4.39 Å². The van der Waals surface area contributed by atoms with Crippen LogP contribution in [0.25, 0.3) is 0 Å². The lowest BCUT2D eigenvalue weighted by Crippen LogP contribution is -2.18. The van der Waals surface area contributed by atoms with E-state index in [-0.39, 0.29) is 5.82 Å². The second kappa shape index (κ2) is 5.48. The Labute approximate surface area is 123 Å². The molecule has 2 aliphatic heterocycles. The van der Waals surface area contributed by atoms with Gasteiger partial charge in [-0.05, 0) is 36.8 Å². The summed E-state index contributed by atoms with van der Waals surface area (Å²) >= 11 is 0. The van der Waals surface area contributed by atoms with E-state index in [0.717, 1.165) is 34.7 Å². The lowest BCUT2D eigenvalue weighted by molar-refractivity contribution is 0.469. The van der Waals surface area contributed by atoms with Crippen LogP contribution in [0.2, 0.25) is 0 Å². The maximum Gasteiger partial charge on any atom is 0.123 e. The first-order chi connectivity index (χ1) is 10.1. The maximum absolute atomic E-state index is 13.2. The van der Waals surface area contributed by atoms with Crippen molar-refractivity contribution in [2.45, 2.75) is 19.9 Å². The molecule has 0 saturated heterocycles. The predicted molar refractivity (Wildman–Crippen MR) is 83.5 cm³/mol. The standard InChI is InChI=1S/C17H16FN3/c1-12-8-17(20-19-12)15-6-7-21(13(2)9-15)11-14-4-3-5-16(18)10-14/h3-7,9-10H,2,8,11H2,1H3. The SMILES string of the molecule is C=C1C=C(C2=NN=C(C)C2)C=CN1Cc1cccc(F)c1. The van der Waals surface area contributed by atoms with Crippen LogP contribution in [-0.2, 0) is 6.54 Å². The zero-order valence-electron chi connectivity index (χ0n) is 11.9. The van der Waals surface area contributed by atoms with E-state index in [1.807, 2.05) is 36.2 Å². The van der Waals surface area contributed by atoms with Crippen molar-refractivity contribution in [1.29, 1.82) is 0 Å². The van der Waals surface area contributed by atoms with Gasteiger partial charge in [-0.1, -0.05) is 18.7 Å². The van der Waals surface area contributed by atoms with Gasteiger partial charge in [0.2, 0.25) is 0 Å². The van der Waals surface area contributed by atoms with Crippen molar-refractivity contribution in [3.63, 3.8) is 0 Å². The molecule has 1 aromatic rings. The molecule has 0 spiro atoms. The molecule has 2 aliphatic rings. The van der Waals surface area contributed by atoms with Crippen LogP contribution in [0.1, 0.15) is 18.9 Å². The number of benzene rings is 1. The first kappa shape index (κ1) is 13.5. The molecule has 0 fully saturated rings. The van der Waals surface area contributed by atoms with Crippen molar-refractivity contribution in [1.82, 2.24) is 4.90 Å². The third-order valence-corrected chi connectivity index (χ3v) is 3.46. The minimum absolute atomic E-state index is 0.219. The minimum Gasteiger partial charge on any atom is -0.344 e. The summed E-state index contributed by atoms with van der Waals surface area (Å²) in [5, 5.41) is 8.23. The van der Waals surface area contributed by atoms with Crippen molar-refractivity contribution >= 4 is 11.4 Å². The van der Waals surface area contributed by atoms with Gasteiger partial charge in [-0.3, -0.25) is 0 Å². The monoisotopic (exact) mass is 281 g/mol. The van der Waals surface area contributed by atoms with Gasteiger partial charge in [-0.25, -0.2) is 4.39 Å². The summed E-state index contributed by atoms with van der Waals surface area (Å²) < 4.78 is 13.2. The Morgan fingerprint density at radius 2 is 2.19 bits per heavy atom. The highest BCUT2D eigenvalue weighted by molar-refractivity contribution is 6.15. The summed E-state index contributed by atoms with van der Waals surface area (Å²) in [6.07, 6.45) is 6.74. The molecular formula is C17H16FN3. The zero-order chi connectivity index (χ0) is 14.8. The van der Waals surface area contributed by atoms with Gasteiger partial charge in [-0.15, -0.1) is 0 Å². The van der Waals surface area contributed by atoms with Crippen LogP contribution in [-0.4, -0.2) is 16.3 Å². The average Bonchev–Trinajstić information content (AvgIpc) is 2.88. The molecule has 0 aliphatic carbocycles. The third kappa shape index (κ3) is 2.99. The lowest BCUT2D eigenvalue weighted by atomic mass is 10.0. The second-order valence-electron chi connectivity index (χ2n) is 5.22. The van der Waals surface area contributed by atoms with Gasteiger partial charge in [0.05, 0.1) is 5.71 Å². The fourth-order valence-corrected chi connectivity index (χ4v) is 2.36. The van der Waals surface area contributed by atoms with Crippen LogP contribution < -0.4 is 0 Å². The van der Waals surface area contributed by atoms with E-state index >= 15 is 0 Å². The Bertz CT molecular complexity index is 711. The van der Waals surface area contributed by atoms with Gasteiger partial charge in [0, 0.05) is 36.1 Å². The van der Waals surface area contributed by atoms with Crippen molar-refractivity contribution in [2.75, 3.05) is 0 Å². The number of allylic oxidation sites excluding steroid dienone is 3. The van der Waals surface area contributed by atoms with Crippen molar-refractivity contribution in [3.8, 4) is 0 Å². The van der Waals surface area contributed by atoms with Crippen molar-refractivity contribution in [3.05, 3.63) is 71.8 Å². The Morgan fingerprint density at radius 1 is 1.33 bits per heavy atom. The summed E-state index contributed by atoms with van der Waals surface area (Å²) in [4.78, 5) is 1.99. The zero-order valence-corrected chi connectivity index (χ0v) is 11.9. The molecule has 0 unspecified atom stereocenters. The molecule has 0 amide bonds. The predicted octanol–water partition coefficient (Wildman–Crippen LogP) is 3.82. The Kier molecular flexibility index (Phi) is 3.52. The van der Waals surface area contributed by atoms with Gasteiger partial charge in [0.1, 0.15) is 5.82 Å². The molecule has 0 saturated carbocycles. The van der Waals surface area contributed by atoms with Crippen molar-refractivity contribution < 1.29 is 4.39 Å². The molecule has 21 heavy (non-hydrogen) atoms. The largest absolute Gasteiger partial charge is 0.344 e. The number of nitrogens with zero attached hydrogens (tertiary/aromatic N) is 3. The molecule has 0 radical (unpaired) electrons. The summed E-state index contributed by atoms with van der Waals surface area (Å²) in [7, 11) is 0. The average molecular weight is 281 g/mol. The quantitative estimate of drug-likeness (QED) is 0.827. The van der Waals surface area contributed by atoms with E-state index < -0.39 is 0 Å². The summed E-state index contributed by atoms with van der Waals surface area (Å²) in [6.45, 7) is 6.63. The molecule has 0 N–H and O–H groups in total. The third-order valence-electron chi connectivity index (χ3n) is 3.46. The first-order valence-electron chi connectivity index (χ1n) is 6.82. The van der Waals surface area contributed by atoms with Gasteiger partial charge in [-0.2, -0.15) is 10.2 Å². The van der Waals surface area contributed by atoms with E-state index in [1.54, 1.807) is 12.1 Å². The van der Waals surface area contributed by atoms with Crippen molar-refractivity contribution in [2.24, 2.45) is 10.2 Å². The highest BCUT2D eigenvalue weighted by atomic mass is 19.1. The smallest absolute Gasteiger partial charge is 0.123 e. The van der Waals surface area contributed by atoms with Crippen LogP contribution in [0.3, 0.4) is 0 Å². The highest BCUT2D eigenvalue weighted by Gasteiger charge is 2.16. The van der Waals surface area contributed by atoms with Crippen LogP contribution in [0.5, 0.6) is 0 Å². The van der Waals surface area contributed by atoms with Crippen LogP contribution in [0, 0.1) is 5.82 Å². The highest BCUT2D eigenvalue weighted by Crippen LogP contribution is 2.22. The number of rotatable bonds is 3. The Morgan fingerprint density at radius 3 is 2.86 bits per heavy atom. The summed E-state index contributed by atoms with van der Waals surface area (Å²) in [5.74, 6) is -0.219. The van der Waals surface area contributed by atoms with E-state index in [2.05, 4.69) is 16.8 Å². The molecule has 0 aromatic heterocycles. The fourth-order valence-electron chi connectivity index (χ4n) is 2.36. The summed E-state index contributed by atoms with van der Waals surface area (Å²) in [6, 6.07) is 6.61. The molecule has 0 bridgehead atoms. The normalized spacial score (nSPS) is 17.7. The molecule has 0 atom stereocenters. The van der Waals surface area contributed by atoms with Crippen LogP contribution in [0.15, 0.2) is 70.7 Å². The van der Waals surface area contributed by atoms with Gasteiger partial charge in [0.25, 0.3) is 0 Å². The Balaban J connectivity index is 1.71. The molecule has 2 heterocycles. The molecule has 3 nitrogen and oxygen atoms in total. The molecule has 106 valence electrons. The second-order valence-corrected chi connectivity index (χ2v) is 5.22. The number of halogens is 1. The maximum atomic E-state index is 13.2. The number of hydrogen-bond acceptors (Lipinski definition) is 3. The minimum atomic E-state index is -0.219. The molecule has 1 aromatic carbocycles. The van der Waals surface area contributed by atoms with Crippen LogP contribution in [0.4, 0.5) is 4.39 Å². The van der Waals surface area contributed by atoms with Gasteiger partial charge < -0.3 is 4.90 Å². The molecule has 4 heteroatoms. The molecular weight excluding hydrogens is 265 g/mol. The first-order valence-corrected chi connectivity index (χ1v) is 6.82. The van der Waals surface area contributed by atoms with E-state index in [4.69, 9.17) is 0 Å².